The molecule has 3 rings (SSSR count). The van der Waals surface area contributed by atoms with Crippen LogP contribution in [-0.2, 0) is 22.9 Å². The van der Waals surface area contributed by atoms with E-state index in [1.165, 1.54) is 31.1 Å². The molecule has 0 aromatic heterocycles. The van der Waals surface area contributed by atoms with E-state index in [0.29, 0.717) is 6.54 Å². The maximum atomic E-state index is 12.4. The number of hydrogen-bond donors (Lipinski definition) is 2. The highest BCUT2D eigenvalue weighted by Crippen LogP contribution is 2.17. The van der Waals surface area contributed by atoms with Crippen molar-refractivity contribution in [3.63, 3.8) is 0 Å². The molecule has 1 heterocycles. The Labute approximate surface area is 179 Å². The molecule has 6 nitrogen and oxygen atoms in total. The lowest BCUT2D eigenvalue weighted by molar-refractivity contribution is 0.220. The lowest BCUT2D eigenvalue weighted by atomic mass is 10.0. The van der Waals surface area contributed by atoms with Crippen LogP contribution in [-0.4, -0.2) is 38.7 Å². The van der Waals surface area contributed by atoms with Gasteiger partial charge in [0.2, 0.25) is 0 Å². The number of hydrogen-bond acceptors (Lipinski definition) is 4. The number of likely N-dealkylation sites (tertiary alicyclic amines) is 1. The molecule has 2 aromatic rings. The van der Waals surface area contributed by atoms with E-state index in [2.05, 4.69) is 27.7 Å². The van der Waals surface area contributed by atoms with Gasteiger partial charge in [0.05, 0.1) is 10.9 Å². The Balaban J connectivity index is 1.54. The highest BCUT2D eigenvalue weighted by atomic mass is 32.2. The summed E-state index contributed by atoms with van der Waals surface area (Å²) in [4.78, 5) is 15.1. The first kappa shape index (κ1) is 22.3. The Bertz CT molecular complexity index is 952. The van der Waals surface area contributed by atoms with Crippen molar-refractivity contribution in [2.24, 2.45) is 0 Å². The minimum Gasteiger partial charge on any atom is -0.334 e. The zero-order valence-electron chi connectivity index (χ0n) is 17.7. The van der Waals surface area contributed by atoms with Crippen LogP contribution in [0.25, 0.3) is 0 Å². The molecule has 0 bridgehead atoms. The molecule has 1 atom stereocenters. The summed E-state index contributed by atoms with van der Waals surface area (Å²) in [5.41, 5.74) is 3.23. The van der Waals surface area contributed by atoms with Gasteiger partial charge in [-0.3, -0.25) is 4.90 Å². The molecule has 0 radical (unpaired) electrons. The third-order valence-corrected chi connectivity index (χ3v) is 6.68. The Morgan fingerprint density at radius 3 is 2.27 bits per heavy atom. The van der Waals surface area contributed by atoms with E-state index in [1.807, 2.05) is 19.1 Å². The normalized spacial score (nSPS) is 16.1. The number of piperidine rings is 1. The molecule has 7 heteroatoms. The fourth-order valence-electron chi connectivity index (χ4n) is 3.75. The third kappa shape index (κ3) is 6.31. The van der Waals surface area contributed by atoms with E-state index >= 15 is 0 Å². The minimum atomic E-state index is -3.23. The first-order valence-corrected chi connectivity index (χ1v) is 12.4. The third-order valence-electron chi connectivity index (χ3n) is 5.56. The summed E-state index contributed by atoms with van der Waals surface area (Å²) < 4.78 is 23.2. The molecule has 1 unspecified atom stereocenters. The maximum absolute atomic E-state index is 12.4. The lowest BCUT2D eigenvalue weighted by Crippen LogP contribution is -2.37. The van der Waals surface area contributed by atoms with Crippen molar-refractivity contribution in [1.82, 2.24) is 15.5 Å². The lowest BCUT2D eigenvalue weighted by Gasteiger charge is -2.27. The van der Waals surface area contributed by atoms with Gasteiger partial charge in [0.1, 0.15) is 0 Å². The smallest absolute Gasteiger partial charge is 0.315 e. The van der Waals surface area contributed by atoms with Gasteiger partial charge >= 0.3 is 6.03 Å². The predicted octanol–water partition coefficient (Wildman–Crippen LogP) is 3.64. The van der Waals surface area contributed by atoms with Gasteiger partial charge in [-0.15, -0.1) is 0 Å². The molecule has 2 N–H and O–H groups in total. The fraction of sp³-hybridized carbons (Fsp3) is 0.435. The van der Waals surface area contributed by atoms with Gasteiger partial charge in [0.15, 0.2) is 9.84 Å². The zero-order valence-corrected chi connectivity index (χ0v) is 18.5. The van der Waals surface area contributed by atoms with Gasteiger partial charge in [-0.2, -0.15) is 0 Å². The second-order valence-corrected chi connectivity index (χ2v) is 10.0. The fourth-order valence-corrected chi connectivity index (χ4v) is 4.38. The quantitative estimate of drug-likeness (QED) is 0.704. The van der Waals surface area contributed by atoms with Crippen molar-refractivity contribution in [2.45, 2.75) is 50.2 Å². The molecule has 1 aliphatic rings. The van der Waals surface area contributed by atoms with Gasteiger partial charge in [-0.1, -0.05) is 42.8 Å². The first-order chi connectivity index (χ1) is 14.3. The SMILES string of the molecule is CC(NC(=O)NCc1ccccc1CN1CCCCC1)c1ccc(S(C)(=O)=O)cc1. The van der Waals surface area contributed by atoms with Crippen LogP contribution in [0.3, 0.4) is 0 Å². The minimum absolute atomic E-state index is 0.234. The van der Waals surface area contributed by atoms with Crippen LogP contribution < -0.4 is 10.6 Å². The molecule has 2 amide bonds. The predicted molar refractivity (Wildman–Crippen MR) is 119 cm³/mol. The van der Waals surface area contributed by atoms with Crippen LogP contribution in [0.2, 0.25) is 0 Å². The summed E-state index contributed by atoms with van der Waals surface area (Å²) in [6.45, 7) is 5.53. The molecule has 162 valence electrons. The Morgan fingerprint density at radius 2 is 1.63 bits per heavy atom. The molecule has 0 aliphatic carbocycles. The van der Waals surface area contributed by atoms with E-state index in [9.17, 15) is 13.2 Å². The summed E-state index contributed by atoms with van der Waals surface area (Å²) in [6, 6.07) is 14.4. The van der Waals surface area contributed by atoms with Crippen molar-refractivity contribution < 1.29 is 13.2 Å². The van der Waals surface area contributed by atoms with E-state index in [4.69, 9.17) is 0 Å². The Kier molecular flexibility index (Phi) is 7.50. The molecule has 2 aromatic carbocycles. The van der Waals surface area contributed by atoms with Crippen molar-refractivity contribution in [3.8, 4) is 0 Å². The van der Waals surface area contributed by atoms with Gasteiger partial charge in [0.25, 0.3) is 0 Å². The van der Waals surface area contributed by atoms with Crippen LogP contribution in [0.15, 0.2) is 53.4 Å². The Morgan fingerprint density at radius 1 is 1.00 bits per heavy atom. The second-order valence-electron chi connectivity index (χ2n) is 8.00. The summed E-state index contributed by atoms with van der Waals surface area (Å²) in [6.07, 6.45) is 5.01. The van der Waals surface area contributed by atoms with E-state index in [1.54, 1.807) is 24.3 Å². The molecule has 0 spiro atoms. The number of urea groups is 1. The summed E-state index contributed by atoms with van der Waals surface area (Å²) >= 11 is 0. The first-order valence-electron chi connectivity index (χ1n) is 10.5. The zero-order chi connectivity index (χ0) is 21.6. The van der Waals surface area contributed by atoms with Crippen LogP contribution >= 0.6 is 0 Å². The summed E-state index contributed by atoms with van der Waals surface area (Å²) in [7, 11) is -3.23. The van der Waals surface area contributed by atoms with Crippen LogP contribution in [0.1, 0.15) is 48.9 Å². The average Bonchev–Trinajstić information content (AvgIpc) is 2.73. The number of benzene rings is 2. The number of carbonyl (C=O) groups is 1. The number of sulfone groups is 1. The highest BCUT2D eigenvalue weighted by Gasteiger charge is 2.14. The van der Waals surface area contributed by atoms with Gasteiger partial charge in [-0.05, 0) is 61.7 Å². The summed E-state index contributed by atoms with van der Waals surface area (Å²) in [5, 5.41) is 5.86. The number of nitrogens with zero attached hydrogens (tertiary/aromatic N) is 1. The number of nitrogens with one attached hydrogen (secondary N) is 2. The van der Waals surface area contributed by atoms with Gasteiger partial charge in [0, 0.05) is 19.3 Å². The standard InChI is InChI=1S/C23H31N3O3S/c1-18(19-10-12-22(13-11-19)30(2,28)29)25-23(27)24-16-20-8-4-5-9-21(20)17-26-14-6-3-7-15-26/h4-5,8-13,18H,3,6-7,14-17H2,1-2H3,(H2,24,25,27). The molecule has 30 heavy (non-hydrogen) atoms. The largest absolute Gasteiger partial charge is 0.334 e. The number of rotatable bonds is 7. The van der Waals surface area contributed by atoms with Crippen LogP contribution in [0.4, 0.5) is 4.79 Å². The molecule has 0 saturated carbocycles. The van der Waals surface area contributed by atoms with Crippen molar-refractivity contribution in [3.05, 3.63) is 65.2 Å². The summed E-state index contributed by atoms with van der Waals surface area (Å²) in [5.74, 6) is 0. The monoisotopic (exact) mass is 429 g/mol. The molecular formula is C23H31N3O3S. The van der Waals surface area contributed by atoms with Gasteiger partial charge < -0.3 is 10.6 Å². The van der Waals surface area contributed by atoms with Gasteiger partial charge in [-0.25, -0.2) is 13.2 Å². The van der Waals surface area contributed by atoms with Crippen molar-refractivity contribution in [2.75, 3.05) is 19.3 Å². The van der Waals surface area contributed by atoms with Crippen molar-refractivity contribution >= 4 is 15.9 Å². The molecular weight excluding hydrogens is 398 g/mol. The Hall–Kier alpha value is -2.38. The maximum Gasteiger partial charge on any atom is 0.315 e. The van der Waals surface area contributed by atoms with E-state index in [0.717, 1.165) is 30.8 Å². The number of carbonyl (C=O) groups excluding carboxylic acids is 1. The van der Waals surface area contributed by atoms with E-state index in [-0.39, 0.29) is 17.0 Å². The topological polar surface area (TPSA) is 78.5 Å². The highest BCUT2D eigenvalue weighted by molar-refractivity contribution is 7.90. The van der Waals surface area contributed by atoms with Crippen molar-refractivity contribution in [1.29, 1.82) is 0 Å². The second kappa shape index (κ2) is 10.1. The van der Waals surface area contributed by atoms with Crippen LogP contribution in [0, 0.1) is 0 Å². The van der Waals surface area contributed by atoms with Crippen LogP contribution in [0.5, 0.6) is 0 Å². The molecule has 1 fully saturated rings. The van der Waals surface area contributed by atoms with E-state index < -0.39 is 9.84 Å². The number of amides is 2. The average molecular weight is 430 g/mol. The molecule has 1 saturated heterocycles. The molecule has 1 aliphatic heterocycles.